The summed E-state index contributed by atoms with van der Waals surface area (Å²) >= 11 is 7.18. The standard InChI is InChI=1S/C14H10ClN7O2S/c15-10-3-1-9(2-4-10)13-18-12(24-21-13)6-25-14-20-19-11(23-14)5-22-8-16-7-17-22/h1-4,7-8H,5-6H2. The molecular formula is C14H10ClN7O2S. The molecule has 0 saturated carbocycles. The van der Waals surface area contributed by atoms with Crippen LogP contribution in [0.5, 0.6) is 0 Å². The first-order valence-electron chi connectivity index (χ1n) is 7.12. The van der Waals surface area contributed by atoms with Gasteiger partial charge in [0.25, 0.3) is 5.22 Å². The third kappa shape index (κ3) is 3.86. The van der Waals surface area contributed by atoms with E-state index in [1.165, 1.54) is 18.1 Å². The predicted molar refractivity (Wildman–Crippen MR) is 87.7 cm³/mol. The Bertz CT molecular complexity index is 952. The fourth-order valence-corrected chi connectivity index (χ4v) is 2.71. The van der Waals surface area contributed by atoms with Crippen molar-refractivity contribution in [3.63, 3.8) is 0 Å². The number of benzene rings is 1. The van der Waals surface area contributed by atoms with Crippen LogP contribution in [0.1, 0.15) is 11.8 Å². The average Bonchev–Trinajstić information content (AvgIpc) is 3.36. The van der Waals surface area contributed by atoms with E-state index in [0.717, 1.165) is 5.56 Å². The Balaban J connectivity index is 1.37. The Kier molecular flexibility index (Phi) is 4.44. The number of nitrogens with zero attached hydrogens (tertiary/aromatic N) is 7. The molecule has 0 N–H and O–H groups in total. The van der Waals surface area contributed by atoms with Gasteiger partial charge in [0, 0.05) is 10.6 Å². The normalized spacial score (nSPS) is 11.1. The van der Waals surface area contributed by atoms with E-state index < -0.39 is 0 Å². The lowest BCUT2D eigenvalue weighted by Gasteiger charge is -1.93. The Labute approximate surface area is 150 Å². The summed E-state index contributed by atoms with van der Waals surface area (Å²) < 4.78 is 12.4. The summed E-state index contributed by atoms with van der Waals surface area (Å²) in [6.45, 7) is 0.370. The molecule has 0 aliphatic heterocycles. The molecule has 0 amide bonds. The van der Waals surface area contributed by atoms with Crippen molar-refractivity contribution in [3.8, 4) is 11.4 Å². The van der Waals surface area contributed by atoms with Gasteiger partial charge >= 0.3 is 0 Å². The van der Waals surface area contributed by atoms with Gasteiger partial charge in [0.05, 0.1) is 5.75 Å². The van der Waals surface area contributed by atoms with Gasteiger partial charge in [0.2, 0.25) is 17.6 Å². The van der Waals surface area contributed by atoms with Crippen molar-refractivity contribution in [1.82, 2.24) is 35.1 Å². The van der Waals surface area contributed by atoms with Crippen LogP contribution in [0.3, 0.4) is 0 Å². The van der Waals surface area contributed by atoms with E-state index in [1.807, 2.05) is 12.1 Å². The molecule has 4 aromatic rings. The van der Waals surface area contributed by atoms with E-state index in [2.05, 4.69) is 30.4 Å². The van der Waals surface area contributed by atoms with Crippen LogP contribution in [-0.4, -0.2) is 35.1 Å². The highest BCUT2D eigenvalue weighted by Gasteiger charge is 2.12. The third-order valence-corrected chi connectivity index (χ3v) is 4.16. The lowest BCUT2D eigenvalue weighted by atomic mass is 10.2. The van der Waals surface area contributed by atoms with E-state index in [9.17, 15) is 0 Å². The second-order valence-electron chi connectivity index (χ2n) is 4.86. The van der Waals surface area contributed by atoms with E-state index in [0.29, 0.717) is 40.1 Å². The summed E-state index contributed by atoms with van der Waals surface area (Å²) in [6.07, 6.45) is 3.02. The van der Waals surface area contributed by atoms with Crippen molar-refractivity contribution in [2.45, 2.75) is 17.5 Å². The molecule has 3 heterocycles. The van der Waals surface area contributed by atoms with Crippen LogP contribution in [0.15, 0.2) is 51.1 Å². The maximum absolute atomic E-state index is 5.87. The average molecular weight is 376 g/mol. The quantitative estimate of drug-likeness (QED) is 0.470. The smallest absolute Gasteiger partial charge is 0.277 e. The van der Waals surface area contributed by atoms with Crippen LogP contribution in [-0.2, 0) is 12.3 Å². The number of aromatic nitrogens is 7. The minimum atomic E-state index is 0.370. The zero-order valence-corrected chi connectivity index (χ0v) is 14.2. The number of halogens is 1. The van der Waals surface area contributed by atoms with Gasteiger partial charge in [-0.25, -0.2) is 9.67 Å². The molecular weight excluding hydrogens is 366 g/mol. The molecule has 0 unspecified atom stereocenters. The van der Waals surface area contributed by atoms with Crippen LogP contribution in [0, 0.1) is 0 Å². The zero-order valence-electron chi connectivity index (χ0n) is 12.6. The summed E-state index contributed by atoms with van der Waals surface area (Å²) in [5.74, 6) is 1.84. The molecule has 3 aromatic heterocycles. The van der Waals surface area contributed by atoms with E-state index in [4.69, 9.17) is 20.5 Å². The molecule has 9 nitrogen and oxygen atoms in total. The Morgan fingerprint density at radius 3 is 2.80 bits per heavy atom. The second kappa shape index (κ2) is 7.03. The molecule has 25 heavy (non-hydrogen) atoms. The summed E-state index contributed by atoms with van der Waals surface area (Å²) in [7, 11) is 0. The summed E-state index contributed by atoms with van der Waals surface area (Å²) in [5.41, 5.74) is 0.831. The van der Waals surface area contributed by atoms with E-state index >= 15 is 0 Å². The molecule has 126 valence electrons. The predicted octanol–water partition coefficient (Wildman–Crippen LogP) is 2.71. The Hall–Kier alpha value is -2.72. The van der Waals surface area contributed by atoms with Crippen molar-refractivity contribution in [2.24, 2.45) is 0 Å². The first kappa shape index (κ1) is 15.8. The molecule has 11 heteroatoms. The van der Waals surface area contributed by atoms with Crippen LogP contribution >= 0.6 is 23.4 Å². The topological polar surface area (TPSA) is 109 Å². The number of thioether (sulfide) groups is 1. The summed E-state index contributed by atoms with van der Waals surface area (Å²) in [4.78, 5) is 8.19. The molecule has 0 bridgehead atoms. The van der Waals surface area contributed by atoms with Gasteiger partial charge in [-0.15, -0.1) is 10.2 Å². The molecule has 0 fully saturated rings. The molecule has 0 aliphatic carbocycles. The summed E-state index contributed by atoms with van der Waals surface area (Å²) in [5, 5.41) is 16.9. The number of hydrogen-bond acceptors (Lipinski definition) is 9. The zero-order chi connectivity index (χ0) is 17.1. The first-order chi connectivity index (χ1) is 12.3. The molecule has 0 radical (unpaired) electrons. The van der Waals surface area contributed by atoms with Gasteiger partial charge in [0.1, 0.15) is 19.2 Å². The van der Waals surface area contributed by atoms with Crippen LogP contribution in [0.4, 0.5) is 0 Å². The lowest BCUT2D eigenvalue weighted by Crippen LogP contribution is -1.99. The fraction of sp³-hybridized carbons (Fsp3) is 0.143. The van der Waals surface area contributed by atoms with Gasteiger partial charge in [-0.05, 0) is 24.3 Å². The molecule has 0 saturated heterocycles. The first-order valence-corrected chi connectivity index (χ1v) is 8.49. The number of hydrogen-bond donors (Lipinski definition) is 0. The Morgan fingerprint density at radius 2 is 2.00 bits per heavy atom. The minimum Gasteiger partial charge on any atom is -0.414 e. The van der Waals surface area contributed by atoms with Gasteiger partial charge in [-0.3, -0.25) is 0 Å². The maximum atomic E-state index is 5.87. The SMILES string of the molecule is Clc1ccc(-c2noc(CSc3nnc(Cn4cncn4)o3)n2)cc1. The monoisotopic (exact) mass is 375 g/mol. The van der Waals surface area contributed by atoms with Crippen LogP contribution in [0.25, 0.3) is 11.4 Å². The van der Waals surface area contributed by atoms with E-state index in [-0.39, 0.29) is 0 Å². The van der Waals surface area contributed by atoms with Crippen molar-refractivity contribution in [2.75, 3.05) is 0 Å². The molecule has 1 aromatic carbocycles. The van der Waals surface area contributed by atoms with E-state index in [1.54, 1.807) is 23.1 Å². The second-order valence-corrected chi connectivity index (χ2v) is 6.23. The molecule has 0 aliphatic rings. The highest BCUT2D eigenvalue weighted by atomic mass is 35.5. The van der Waals surface area contributed by atoms with Gasteiger partial charge < -0.3 is 8.94 Å². The van der Waals surface area contributed by atoms with Crippen LogP contribution in [0.2, 0.25) is 5.02 Å². The highest BCUT2D eigenvalue weighted by Crippen LogP contribution is 2.23. The minimum absolute atomic E-state index is 0.370. The maximum Gasteiger partial charge on any atom is 0.277 e. The largest absolute Gasteiger partial charge is 0.414 e. The number of rotatable bonds is 6. The third-order valence-electron chi connectivity index (χ3n) is 3.10. The van der Waals surface area contributed by atoms with Crippen molar-refractivity contribution in [1.29, 1.82) is 0 Å². The van der Waals surface area contributed by atoms with Gasteiger partial charge in [-0.1, -0.05) is 28.5 Å². The van der Waals surface area contributed by atoms with Crippen molar-refractivity contribution in [3.05, 3.63) is 53.7 Å². The molecule has 0 spiro atoms. The molecule has 0 atom stereocenters. The van der Waals surface area contributed by atoms with Crippen LogP contribution < -0.4 is 0 Å². The van der Waals surface area contributed by atoms with Crippen molar-refractivity contribution >= 4 is 23.4 Å². The van der Waals surface area contributed by atoms with Crippen molar-refractivity contribution < 1.29 is 8.94 Å². The van der Waals surface area contributed by atoms with Gasteiger partial charge in [-0.2, -0.15) is 10.1 Å². The summed E-state index contributed by atoms with van der Waals surface area (Å²) in [6, 6.07) is 7.21. The fourth-order valence-electron chi connectivity index (χ4n) is 1.97. The lowest BCUT2D eigenvalue weighted by molar-refractivity contribution is 0.386. The molecule has 4 rings (SSSR count). The van der Waals surface area contributed by atoms with Gasteiger partial charge in [0.15, 0.2) is 0 Å². The highest BCUT2D eigenvalue weighted by molar-refractivity contribution is 7.98. The Morgan fingerprint density at radius 1 is 1.12 bits per heavy atom.